The van der Waals surface area contributed by atoms with Crippen LogP contribution < -0.4 is 10.1 Å². The Bertz CT molecular complexity index is 1120. The van der Waals surface area contributed by atoms with Gasteiger partial charge in [0.2, 0.25) is 5.91 Å². The van der Waals surface area contributed by atoms with E-state index >= 15 is 0 Å². The van der Waals surface area contributed by atoms with Crippen molar-refractivity contribution in [1.82, 2.24) is 4.90 Å². The first kappa shape index (κ1) is 20.3. The van der Waals surface area contributed by atoms with E-state index < -0.39 is 23.8 Å². The Labute approximate surface area is 180 Å². The van der Waals surface area contributed by atoms with Crippen LogP contribution in [0, 0.1) is 6.92 Å². The van der Waals surface area contributed by atoms with Crippen LogP contribution in [-0.4, -0.2) is 28.7 Å². The largest absolute Gasteiger partial charge is 0.487 e. The minimum absolute atomic E-state index is 0.314. The molecule has 3 aromatic carbocycles. The molecule has 0 aromatic heterocycles. The monoisotopic (exact) mass is 414 g/mol. The number of benzene rings is 3. The summed E-state index contributed by atoms with van der Waals surface area (Å²) >= 11 is 0. The zero-order valence-corrected chi connectivity index (χ0v) is 17.3. The third kappa shape index (κ3) is 4.05. The molecule has 1 unspecified atom stereocenters. The van der Waals surface area contributed by atoms with E-state index in [0.717, 1.165) is 16.0 Å². The normalized spacial score (nSPS) is 13.7. The SMILES string of the molecule is Cc1ccc(NC(=O)C(C)N2C(=O)c3ccccc3C2=O)c(OCc2ccccc2)c1. The molecule has 0 radical (unpaired) electrons. The molecule has 1 N–H and O–H groups in total. The quantitative estimate of drug-likeness (QED) is 0.614. The smallest absolute Gasteiger partial charge is 0.262 e. The predicted molar refractivity (Wildman–Crippen MR) is 117 cm³/mol. The molecule has 1 aliphatic rings. The van der Waals surface area contributed by atoms with E-state index in [0.29, 0.717) is 29.2 Å². The summed E-state index contributed by atoms with van der Waals surface area (Å²) in [6, 6.07) is 20.8. The molecular weight excluding hydrogens is 392 g/mol. The lowest BCUT2D eigenvalue weighted by atomic mass is 10.1. The molecule has 3 aromatic rings. The number of hydrogen-bond donors (Lipinski definition) is 1. The van der Waals surface area contributed by atoms with Crippen molar-refractivity contribution < 1.29 is 19.1 Å². The van der Waals surface area contributed by atoms with Gasteiger partial charge in [-0.25, -0.2) is 0 Å². The summed E-state index contributed by atoms with van der Waals surface area (Å²) in [6.07, 6.45) is 0. The molecular formula is C25H22N2O4. The van der Waals surface area contributed by atoms with Gasteiger partial charge in [-0.05, 0) is 49.2 Å². The fraction of sp³-hybridized carbons (Fsp3) is 0.160. The molecule has 6 nitrogen and oxygen atoms in total. The minimum atomic E-state index is -0.976. The highest BCUT2D eigenvalue weighted by Gasteiger charge is 2.40. The summed E-state index contributed by atoms with van der Waals surface area (Å²) in [4.78, 5) is 39.3. The van der Waals surface area contributed by atoms with Crippen LogP contribution in [0.5, 0.6) is 5.75 Å². The molecule has 0 saturated heterocycles. The van der Waals surface area contributed by atoms with Gasteiger partial charge in [0.1, 0.15) is 18.4 Å². The third-order valence-corrected chi connectivity index (χ3v) is 5.22. The van der Waals surface area contributed by atoms with E-state index in [2.05, 4.69) is 5.32 Å². The van der Waals surface area contributed by atoms with Gasteiger partial charge in [-0.2, -0.15) is 0 Å². The molecule has 6 heteroatoms. The van der Waals surface area contributed by atoms with E-state index in [1.165, 1.54) is 6.92 Å². The standard InChI is InChI=1S/C25H22N2O4/c1-16-12-13-21(22(14-16)31-15-18-8-4-3-5-9-18)26-23(28)17(2)27-24(29)19-10-6-7-11-20(19)25(27)30/h3-14,17H,15H2,1-2H3,(H,26,28). The molecule has 1 heterocycles. The Kier molecular flexibility index (Phi) is 5.54. The van der Waals surface area contributed by atoms with Crippen LogP contribution in [0.1, 0.15) is 38.8 Å². The van der Waals surface area contributed by atoms with Crippen LogP contribution in [-0.2, 0) is 11.4 Å². The van der Waals surface area contributed by atoms with E-state index in [9.17, 15) is 14.4 Å². The Morgan fingerprint density at radius 2 is 1.55 bits per heavy atom. The second kappa shape index (κ2) is 8.44. The Hall–Kier alpha value is -3.93. The zero-order chi connectivity index (χ0) is 22.0. The van der Waals surface area contributed by atoms with Gasteiger partial charge in [-0.3, -0.25) is 19.3 Å². The highest BCUT2D eigenvalue weighted by atomic mass is 16.5. The summed E-state index contributed by atoms with van der Waals surface area (Å²) < 4.78 is 5.94. The fourth-order valence-electron chi connectivity index (χ4n) is 3.50. The van der Waals surface area contributed by atoms with Gasteiger partial charge < -0.3 is 10.1 Å². The Morgan fingerprint density at radius 3 is 2.19 bits per heavy atom. The number of nitrogens with one attached hydrogen (secondary N) is 1. The molecule has 1 aliphatic heterocycles. The molecule has 0 fully saturated rings. The maximum absolute atomic E-state index is 12.9. The summed E-state index contributed by atoms with van der Waals surface area (Å²) in [7, 11) is 0. The molecule has 0 spiro atoms. The highest BCUT2D eigenvalue weighted by Crippen LogP contribution is 2.29. The number of carbonyl (C=O) groups is 3. The molecule has 31 heavy (non-hydrogen) atoms. The van der Waals surface area contributed by atoms with Crippen molar-refractivity contribution in [3.8, 4) is 5.75 Å². The summed E-state index contributed by atoms with van der Waals surface area (Å²) in [5.41, 5.74) is 3.09. The number of nitrogens with zero attached hydrogens (tertiary/aromatic N) is 1. The molecule has 156 valence electrons. The van der Waals surface area contributed by atoms with Crippen LogP contribution in [0.3, 0.4) is 0 Å². The minimum Gasteiger partial charge on any atom is -0.487 e. The van der Waals surface area contributed by atoms with Gasteiger partial charge >= 0.3 is 0 Å². The number of imide groups is 1. The first-order chi connectivity index (χ1) is 15.0. The van der Waals surface area contributed by atoms with Crippen molar-refractivity contribution in [1.29, 1.82) is 0 Å². The van der Waals surface area contributed by atoms with E-state index in [-0.39, 0.29) is 0 Å². The number of aryl methyl sites for hydroxylation is 1. The number of fused-ring (bicyclic) bond motifs is 1. The van der Waals surface area contributed by atoms with Gasteiger partial charge in [0.05, 0.1) is 16.8 Å². The number of ether oxygens (including phenoxy) is 1. The van der Waals surface area contributed by atoms with Crippen molar-refractivity contribution in [2.45, 2.75) is 26.5 Å². The third-order valence-electron chi connectivity index (χ3n) is 5.22. The Morgan fingerprint density at radius 1 is 0.935 bits per heavy atom. The van der Waals surface area contributed by atoms with Gasteiger partial charge in [0.15, 0.2) is 0 Å². The predicted octanol–water partition coefficient (Wildman–Crippen LogP) is 4.20. The highest BCUT2D eigenvalue weighted by molar-refractivity contribution is 6.23. The van der Waals surface area contributed by atoms with Gasteiger partial charge in [0.25, 0.3) is 11.8 Å². The maximum atomic E-state index is 12.9. The lowest BCUT2D eigenvalue weighted by Gasteiger charge is -2.22. The molecule has 1 atom stereocenters. The second-order valence-corrected chi connectivity index (χ2v) is 7.47. The van der Waals surface area contributed by atoms with Crippen molar-refractivity contribution in [2.24, 2.45) is 0 Å². The van der Waals surface area contributed by atoms with E-state index in [1.54, 1.807) is 30.3 Å². The van der Waals surface area contributed by atoms with Crippen LogP contribution >= 0.6 is 0 Å². The summed E-state index contributed by atoms with van der Waals surface area (Å²) in [6.45, 7) is 3.82. The van der Waals surface area contributed by atoms with Crippen molar-refractivity contribution in [3.05, 3.63) is 95.1 Å². The van der Waals surface area contributed by atoms with Crippen LogP contribution in [0.25, 0.3) is 0 Å². The van der Waals surface area contributed by atoms with Crippen molar-refractivity contribution in [3.63, 3.8) is 0 Å². The van der Waals surface area contributed by atoms with Crippen LogP contribution in [0.2, 0.25) is 0 Å². The van der Waals surface area contributed by atoms with Gasteiger partial charge in [-0.1, -0.05) is 48.5 Å². The Balaban J connectivity index is 1.51. The van der Waals surface area contributed by atoms with E-state index in [4.69, 9.17) is 4.74 Å². The number of anilines is 1. The van der Waals surface area contributed by atoms with Crippen LogP contribution in [0.4, 0.5) is 5.69 Å². The molecule has 0 bridgehead atoms. The molecule has 0 saturated carbocycles. The lowest BCUT2D eigenvalue weighted by molar-refractivity contribution is -0.119. The number of hydrogen-bond acceptors (Lipinski definition) is 4. The summed E-state index contributed by atoms with van der Waals surface area (Å²) in [5.74, 6) is -0.880. The average molecular weight is 414 g/mol. The second-order valence-electron chi connectivity index (χ2n) is 7.47. The van der Waals surface area contributed by atoms with Crippen LogP contribution in [0.15, 0.2) is 72.8 Å². The zero-order valence-electron chi connectivity index (χ0n) is 17.3. The van der Waals surface area contributed by atoms with Crippen molar-refractivity contribution in [2.75, 3.05) is 5.32 Å². The molecule has 4 rings (SSSR count). The van der Waals surface area contributed by atoms with Gasteiger partial charge in [0, 0.05) is 0 Å². The van der Waals surface area contributed by atoms with Crippen molar-refractivity contribution >= 4 is 23.4 Å². The number of rotatable bonds is 6. The average Bonchev–Trinajstić information content (AvgIpc) is 3.04. The first-order valence-corrected chi connectivity index (χ1v) is 10.0. The molecule has 3 amide bonds. The maximum Gasteiger partial charge on any atom is 0.262 e. The number of carbonyl (C=O) groups excluding carboxylic acids is 3. The summed E-state index contributed by atoms with van der Waals surface area (Å²) in [5, 5.41) is 2.81. The molecule has 0 aliphatic carbocycles. The van der Waals surface area contributed by atoms with E-state index in [1.807, 2.05) is 49.4 Å². The first-order valence-electron chi connectivity index (χ1n) is 10.0. The van der Waals surface area contributed by atoms with Gasteiger partial charge in [-0.15, -0.1) is 0 Å². The number of amides is 3. The topological polar surface area (TPSA) is 75.7 Å². The fourth-order valence-corrected chi connectivity index (χ4v) is 3.50. The lowest BCUT2D eigenvalue weighted by Crippen LogP contribution is -2.45.